The Bertz CT molecular complexity index is 513. The molecule has 0 nitrogen and oxygen atoms in total. The number of aryl methyl sites for hydroxylation is 2. The Balaban J connectivity index is 0. The van der Waals surface area contributed by atoms with Crippen molar-refractivity contribution >= 4 is 6.08 Å². The minimum Gasteiger partial charge on any atom is -0.0991 e. The fourth-order valence-electron chi connectivity index (χ4n) is 2.17. The van der Waals surface area contributed by atoms with Gasteiger partial charge in [0.1, 0.15) is 0 Å². The summed E-state index contributed by atoms with van der Waals surface area (Å²) in [6.45, 7) is 9.92. The molecule has 0 radical (unpaired) electrons. The first-order valence-electron chi connectivity index (χ1n) is 5.99. The van der Waals surface area contributed by atoms with Gasteiger partial charge < -0.3 is 0 Å². The fraction of sp³-hybridized carbons (Fsp3) is 0.300. The van der Waals surface area contributed by atoms with Crippen LogP contribution in [-0.4, -0.2) is 0 Å². The summed E-state index contributed by atoms with van der Waals surface area (Å²) in [5.41, 5.74) is 6.56. The van der Waals surface area contributed by atoms with Crippen molar-refractivity contribution in [3.8, 4) is 0 Å². The summed E-state index contributed by atoms with van der Waals surface area (Å²) in [7, 11) is 0. The molecule has 0 fully saturated rings. The molecule has 0 amide bonds. The van der Waals surface area contributed by atoms with Gasteiger partial charge in [0.25, 0.3) is 0 Å². The molecule has 1 aromatic rings. The van der Waals surface area contributed by atoms with Crippen molar-refractivity contribution in [3.05, 3.63) is 77.4 Å². The topological polar surface area (TPSA) is 0 Å². The van der Waals surface area contributed by atoms with Gasteiger partial charge in [-0.25, -0.2) is 0 Å². The molecule has 2 rings (SSSR count). The second-order valence-corrected chi connectivity index (χ2v) is 4.49. The summed E-state index contributed by atoms with van der Waals surface area (Å²) >= 11 is 0. The first kappa shape index (κ1) is 20.5. The van der Waals surface area contributed by atoms with Gasteiger partial charge in [-0.1, -0.05) is 83.5 Å². The SMILES string of the molecule is C.C.C.C=C/C=C\C(=C)C1=Cc2ccc(C)cc2CC1. The Morgan fingerprint density at radius 2 is 1.85 bits per heavy atom. The Morgan fingerprint density at radius 3 is 2.50 bits per heavy atom. The first-order valence-corrected chi connectivity index (χ1v) is 5.99. The average Bonchev–Trinajstić information content (AvgIpc) is 2.35. The number of fused-ring (bicyclic) bond motifs is 1. The number of hydrogen-bond acceptors (Lipinski definition) is 0. The summed E-state index contributed by atoms with van der Waals surface area (Å²) in [4.78, 5) is 0. The molecule has 0 atom stereocenters. The van der Waals surface area contributed by atoms with Crippen LogP contribution >= 0.6 is 0 Å². The van der Waals surface area contributed by atoms with Crippen LogP contribution in [0.25, 0.3) is 6.08 Å². The van der Waals surface area contributed by atoms with Gasteiger partial charge in [0.15, 0.2) is 0 Å². The van der Waals surface area contributed by atoms with Crippen LogP contribution in [0.1, 0.15) is 45.4 Å². The van der Waals surface area contributed by atoms with E-state index in [1.807, 2.05) is 12.2 Å². The predicted molar refractivity (Wildman–Crippen MR) is 96.1 cm³/mol. The lowest BCUT2D eigenvalue weighted by molar-refractivity contribution is 0.939. The molecule has 1 aromatic carbocycles. The van der Waals surface area contributed by atoms with Crippen LogP contribution in [0.2, 0.25) is 0 Å². The average molecular weight is 270 g/mol. The van der Waals surface area contributed by atoms with Gasteiger partial charge >= 0.3 is 0 Å². The highest BCUT2D eigenvalue weighted by molar-refractivity contribution is 5.65. The van der Waals surface area contributed by atoms with Crippen LogP contribution in [0.3, 0.4) is 0 Å². The smallest absolute Gasteiger partial charge is 0.0221 e. The van der Waals surface area contributed by atoms with E-state index < -0.39 is 0 Å². The number of hydrogen-bond donors (Lipinski definition) is 0. The lowest BCUT2D eigenvalue weighted by atomic mass is 9.88. The molecule has 0 heterocycles. The van der Waals surface area contributed by atoms with E-state index in [2.05, 4.69) is 44.4 Å². The lowest BCUT2D eigenvalue weighted by Crippen LogP contribution is -2.00. The molecule has 0 aliphatic heterocycles. The second kappa shape index (κ2) is 9.14. The van der Waals surface area contributed by atoms with Crippen LogP contribution in [0.5, 0.6) is 0 Å². The molecular formula is C20H30. The van der Waals surface area contributed by atoms with Crippen molar-refractivity contribution in [2.45, 2.75) is 42.0 Å². The molecule has 0 aromatic heterocycles. The molecule has 0 N–H and O–H groups in total. The summed E-state index contributed by atoms with van der Waals surface area (Å²) in [5, 5.41) is 0. The summed E-state index contributed by atoms with van der Waals surface area (Å²) < 4.78 is 0. The maximum atomic E-state index is 4.10. The molecule has 1 aliphatic carbocycles. The zero-order chi connectivity index (χ0) is 12.3. The van der Waals surface area contributed by atoms with Crippen LogP contribution in [0.15, 0.2) is 60.7 Å². The Kier molecular flexibility index (Phi) is 9.37. The van der Waals surface area contributed by atoms with Gasteiger partial charge in [0.05, 0.1) is 0 Å². The summed E-state index contributed by atoms with van der Waals surface area (Å²) in [5.74, 6) is 0. The number of benzene rings is 1. The van der Waals surface area contributed by atoms with Crippen molar-refractivity contribution in [1.82, 2.24) is 0 Å². The highest BCUT2D eigenvalue weighted by atomic mass is 14.2. The summed E-state index contributed by atoms with van der Waals surface area (Å²) in [6, 6.07) is 6.65. The first-order chi connectivity index (χ1) is 8.20. The van der Waals surface area contributed by atoms with Crippen molar-refractivity contribution < 1.29 is 0 Å². The van der Waals surface area contributed by atoms with Crippen LogP contribution < -0.4 is 0 Å². The van der Waals surface area contributed by atoms with E-state index in [-0.39, 0.29) is 22.3 Å². The third-order valence-electron chi connectivity index (χ3n) is 3.14. The van der Waals surface area contributed by atoms with Gasteiger partial charge in [0, 0.05) is 0 Å². The van der Waals surface area contributed by atoms with Crippen LogP contribution in [0, 0.1) is 6.92 Å². The van der Waals surface area contributed by atoms with Crippen molar-refractivity contribution in [2.24, 2.45) is 0 Å². The Hall–Kier alpha value is -1.82. The molecule has 0 saturated heterocycles. The fourth-order valence-corrected chi connectivity index (χ4v) is 2.17. The van der Waals surface area contributed by atoms with E-state index in [9.17, 15) is 0 Å². The standard InChI is InChI=1S/C17H18.3CH4/c1-4-5-6-14(3)15-9-10-16-11-13(2)7-8-17(16)12-15;;;/h4-8,11-12H,1,3,9-10H2,2H3;3*1H4/b6-5-;;;. The van der Waals surface area contributed by atoms with Gasteiger partial charge in [-0.3, -0.25) is 0 Å². The van der Waals surface area contributed by atoms with E-state index in [0.717, 1.165) is 18.4 Å². The summed E-state index contributed by atoms with van der Waals surface area (Å²) in [6.07, 6.45) is 10.2. The van der Waals surface area contributed by atoms with E-state index in [0.29, 0.717) is 0 Å². The quantitative estimate of drug-likeness (QED) is 0.548. The molecular weight excluding hydrogens is 240 g/mol. The third kappa shape index (κ3) is 4.70. The molecule has 110 valence electrons. The third-order valence-corrected chi connectivity index (χ3v) is 3.14. The molecule has 0 bridgehead atoms. The highest BCUT2D eigenvalue weighted by Crippen LogP contribution is 2.28. The maximum absolute atomic E-state index is 4.10. The van der Waals surface area contributed by atoms with E-state index in [1.54, 1.807) is 6.08 Å². The molecule has 1 aliphatic rings. The number of allylic oxidation sites excluding steroid dienone is 5. The minimum atomic E-state index is 0. The van der Waals surface area contributed by atoms with Crippen molar-refractivity contribution in [2.75, 3.05) is 0 Å². The lowest BCUT2D eigenvalue weighted by Gasteiger charge is -2.17. The Morgan fingerprint density at radius 1 is 1.15 bits per heavy atom. The molecule has 20 heavy (non-hydrogen) atoms. The van der Waals surface area contributed by atoms with Crippen LogP contribution in [0.4, 0.5) is 0 Å². The van der Waals surface area contributed by atoms with Gasteiger partial charge in [-0.2, -0.15) is 0 Å². The Labute approximate surface area is 126 Å². The minimum absolute atomic E-state index is 0. The van der Waals surface area contributed by atoms with Gasteiger partial charge in [-0.15, -0.1) is 0 Å². The molecule has 0 spiro atoms. The predicted octanol–water partition coefficient (Wildman–Crippen LogP) is 6.53. The van der Waals surface area contributed by atoms with Crippen molar-refractivity contribution in [3.63, 3.8) is 0 Å². The number of rotatable bonds is 3. The van der Waals surface area contributed by atoms with E-state index in [1.165, 1.54) is 22.3 Å². The molecule has 0 heteroatoms. The van der Waals surface area contributed by atoms with Crippen LogP contribution in [-0.2, 0) is 6.42 Å². The normalized spacial score (nSPS) is 12.2. The maximum Gasteiger partial charge on any atom is -0.0221 e. The zero-order valence-electron chi connectivity index (χ0n) is 10.4. The monoisotopic (exact) mass is 270 g/mol. The largest absolute Gasteiger partial charge is 0.0991 e. The highest BCUT2D eigenvalue weighted by Gasteiger charge is 2.11. The van der Waals surface area contributed by atoms with Gasteiger partial charge in [-0.05, 0) is 42.0 Å². The zero-order valence-corrected chi connectivity index (χ0v) is 10.4. The molecule has 0 saturated carbocycles. The van der Waals surface area contributed by atoms with Gasteiger partial charge in [0.2, 0.25) is 0 Å². The second-order valence-electron chi connectivity index (χ2n) is 4.49. The molecule has 0 unspecified atom stereocenters. The van der Waals surface area contributed by atoms with E-state index >= 15 is 0 Å². The van der Waals surface area contributed by atoms with Crippen molar-refractivity contribution in [1.29, 1.82) is 0 Å². The van der Waals surface area contributed by atoms with E-state index in [4.69, 9.17) is 0 Å².